The van der Waals surface area contributed by atoms with Crippen molar-refractivity contribution in [2.75, 3.05) is 7.05 Å². The fraction of sp³-hybridized carbons (Fsp3) is 0.353. The number of nitrogens with one attached hydrogen (secondary N) is 1. The Kier molecular flexibility index (Phi) is 5.58. The number of aryl methyl sites for hydroxylation is 1. The van der Waals surface area contributed by atoms with E-state index in [0.29, 0.717) is 6.54 Å². The monoisotopic (exact) mass is 304 g/mol. The third-order valence-electron chi connectivity index (χ3n) is 3.45. The topological polar surface area (TPSA) is 45.5 Å². The van der Waals surface area contributed by atoms with Gasteiger partial charge in [-0.15, -0.1) is 0 Å². The summed E-state index contributed by atoms with van der Waals surface area (Å²) in [6.45, 7) is 2.41. The van der Waals surface area contributed by atoms with Crippen LogP contribution >= 0.6 is 0 Å². The lowest BCUT2D eigenvalue weighted by Gasteiger charge is -2.21. The Labute approximate surface area is 129 Å². The highest BCUT2D eigenvalue weighted by molar-refractivity contribution is 5.74. The molecule has 0 aliphatic carbocycles. The minimum absolute atomic E-state index is 0.0493. The van der Waals surface area contributed by atoms with E-state index >= 15 is 0 Å². The summed E-state index contributed by atoms with van der Waals surface area (Å²) in [5.74, 6) is 0.642. The smallest absolute Gasteiger partial charge is 0.317 e. The Balaban J connectivity index is 1.76. The Morgan fingerprint density at radius 2 is 2.05 bits per heavy atom. The minimum Gasteiger partial charge on any atom is -0.469 e. The van der Waals surface area contributed by atoms with Crippen LogP contribution in [0.3, 0.4) is 0 Å². The molecule has 1 aromatic carbocycles. The van der Waals surface area contributed by atoms with Gasteiger partial charge in [0, 0.05) is 26.1 Å². The molecule has 2 amide bonds. The molecule has 0 aliphatic rings. The second-order valence-corrected chi connectivity index (χ2v) is 5.45. The van der Waals surface area contributed by atoms with Gasteiger partial charge in [0.1, 0.15) is 11.6 Å². The molecule has 0 spiro atoms. The van der Waals surface area contributed by atoms with Gasteiger partial charge in [-0.25, -0.2) is 9.18 Å². The van der Waals surface area contributed by atoms with E-state index in [1.54, 1.807) is 30.3 Å². The van der Waals surface area contributed by atoms with Crippen LogP contribution in [0.2, 0.25) is 0 Å². The fourth-order valence-electron chi connectivity index (χ4n) is 2.14. The molecule has 0 saturated carbocycles. The van der Waals surface area contributed by atoms with E-state index in [1.807, 2.05) is 19.1 Å². The van der Waals surface area contributed by atoms with Crippen molar-refractivity contribution in [2.24, 2.45) is 0 Å². The Hall–Kier alpha value is -2.30. The van der Waals surface area contributed by atoms with Gasteiger partial charge in [-0.3, -0.25) is 0 Å². The van der Waals surface area contributed by atoms with Gasteiger partial charge in [0.15, 0.2) is 0 Å². The molecule has 0 bridgehead atoms. The van der Waals surface area contributed by atoms with E-state index in [4.69, 9.17) is 4.42 Å². The zero-order chi connectivity index (χ0) is 15.9. The van der Waals surface area contributed by atoms with Crippen LogP contribution in [0.25, 0.3) is 0 Å². The van der Waals surface area contributed by atoms with E-state index < -0.39 is 0 Å². The maximum Gasteiger partial charge on any atom is 0.317 e. The molecule has 22 heavy (non-hydrogen) atoms. The van der Waals surface area contributed by atoms with Crippen molar-refractivity contribution >= 4 is 6.03 Å². The lowest BCUT2D eigenvalue weighted by Crippen LogP contribution is -2.41. The summed E-state index contributed by atoms with van der Waals surface area (Å²) < 4.78 is 18.1. The summed E-state index contributed by atoms with van der Waals surface area (Å²) in [6, 6.07) is 9.84. The Bertz CT molecular complexity index is 581. The molecule has 0 aliphatic heterocycles. The summed E-state index contributed by atoms with van der Waals surface area (Å²) in [7, 11) is 1.72. The first-order valence-corrected chi connectivity index (χ1v) is 7.33. The highest BCUT2D eigenvalue weighted by Gasteiger charge is 2.12. The van der Waals surface area contributed by atoms with Crippen molar-refractivity contribution in [3.63, 3.8) is 0 Å². The molecular weight excluding hydrogens is 283 g/mol. The van der Waals surface area contributed by atoms with Crippen molar-refractivity contribution < 1.29 is 13.6 Å². The molecule has 0 saturated heterocycles. The quantitative estimate of drug-likeness (QED) is 0.886. The van der Waals surface area contributed by atoms with E-state index in [1.165, 1.54) is 12.1 Å². The first kappa shape index (κ1) is 16.1. The molecule has 1 aromatic heterocycles. The van der Waals surface area contributed by atoms with Gasteiger partial charge in [-0.1, -0.05) is 12.1 Å². The number of hydrogen-bond acceptors (Lipinski definition) is 2. The molecule has 4 nitrogen and oxygen atoms in total. The number of amides is 2. The summed E-state index contributed by atoms with van der Waals surface area (Å²) in [4.78, 5) is 13.7. The van der Waals surface area contributed by atoms with Gasteiger partial charge in [0.05, 0.1) is 6.26 Å². The van der Waals surface area contributed by atoms with Crippen LogP contribution in [0.1, 0.15) is 24.7 Å². The SMILES string of the molecule is C[C@H](CCc1ccco1)NC(=O)N(C)Cc1ccc(F)cc1. The van der Waals surface area contributed by atoms with E-state index in [0.717, 1.165) is 24.2 Å². The highest BCUT2D eigenvalue weighted by Crippen LogP contribution is 2.08. The second kappa shape index (κ2) is 7.64. The van der Waals surface area contributed by atoms with Crippen LogP contribution in [0.4, 0.5) is 9.18 Å². The second-order valence-electron chi connectivity index (χ2n) is 5.45. The van der Waals surface area contributed by atoms with Gasteiger partial charge in [-0.2, -0.15) is 0 Å². The third-order valence-corrected chi connectivity index (χ3v) is 3.45. The van der Waals surface area contributed by atoms with Crippen molar-refractivity contribution in [3.8, 4) is 0 Å². The average Bonchev–Trinajstić information content (AvgIpc) is 3.01. The standard InChI is InChI=1S/C17H21FN2O2/c1-13(5-10-16-4-3-11-22-16)19-17(21)20(2)12-14-6-8-15(18)9-7-14/h3-4,6-9,11,13H,5,10,12H2,1-2H3,(H,19,21)/t13-/m1/s1. The molecule has 2 rings (SSSR count). The molecule has 118 valence electrons. The maximum atomic E-state index is 12.9. The van der Waals surface area contributed by atoms with Gasteiger partial charge >= 0.3 is 6.03 Å². The number of nitrogens with zero attached hydrogens (tertiary/aromatic N) is 1. The normalized spacial score (nSPS) is 12.0. The number of carbonyl (C=O) groups excluding carboxylic acids is 1. The summed E-state index contributed by atoms with van der Waals surface area (Å²) in [5.41, 5.74) is 0.891. The number of hydrogen-bond donors (Lipinski definition) is 1. The largest absolute Gasteiger partial charge is 0.469 e. The fourth-order valence-corrected chi connectivity index (χ4v) is 2.14. The van der Waals surface area contributed by atoms with Gasteiger partial charge in [0.2, 0.25) is 0 Å². The maximum absolute atomic E-state index is 12.9. The Morgan fingerprint density at radius 1 is 1.32 bits per heavy atom. The number of carbonyl (C=O) groups is 1. The van der Waals surface area contributed by atoms with Crippen molar-refractivity contribution in [3.05, 3.63) is 59.8 Å². The van der Waals surface area contributed by atoms with Gasteiger partial charge in [0.25, 0.3) is 0 Å². The summed E-state index contributed by atoms with van der Waals surface area (Å²) in [5, 5.41) is 2.94. The zero-order valence-electron chi connectivity index (χ0n) is 12.9. The van der Waals surface area contributed by atoms with Crippen LogP contribution in [-0.4, -0.2) is 24.0 Å². The minimum atomic E-state index is -0.276. The third kappa shape index (κ3) is 4.91. The number of furan rings is 1. The van der Waals surface area contributed by atoms with Gasteiger partial charge in [-0.05, 0) is 43.2 Å². The van der Waals surface area contributed by atoms with Crippen molar-refractivity contribution in [2.45, 2.75) is 32.4 Å². The number of urea groups is 1. The lowest BCUT2D eigenvalue weighted by molar-refractivity contribution is 0.202. The summed E-state index contributed by atoms with van der Waals surface area (Å²) in [6.07, 6.45) is 3.24. The van der Waals surface area contributed by atoms with Crippen LogP contribution in [0.15, 0.2) is 47.1 Å². The molecule has 2 aromatic rings. The van der Waals surface area contributed by atoms with Crippen molar-refractivity contribution in [1.29, 1.82) is 0 Å². The van der Waals surface area contributed by atoms with Crippen LogP contribution < -0.4 is 5.32 Å². The first-order valence-electron chi connectivity index (χ1n) is 7.33. The van der Waals surface area contributed by atoms with E-state index in [9.17, 15) is 9.18 Å². The molecule has 1 heterocycles. The van der Waals surface area contributed by atoms with Crippen LogP contribution in [0, 0.1) is 5.82 Å². The number of halogens is 1. The van der Waals surface area contributed by atoms with E-state index in [2.05, 4.69) is 5.32 Å². The number of rotatable bonds is 6. The highest BCUT2D eigenvalue weighted by atomic mass is 19.1. The van der Waals surface area contributed by atoms with Crippen molar-refractivity contribution in [1.82, 2.24) is 10.2 Å². The predicted octanol–water partition coefficient (Wildman–Crippen LogP) is 3.58. The average molecular weight is 304 g/mol. The Morgan fingerprint density at radius 3 is 2.68 bits per heavy atom. The van der Waals surface area contributed by atoms with Crippen LogP contribution in [-0.2, 0) is 13.0 Å². The van der Waals surface area contributed by atoms with Crippen LogP contribution in [0.5, 0.6) is 0 Å². The number of benzene rings is 1. The molecule has 0 fully saturated rings. The molecule has 5 heteroatoms. The molecule has 1 N–H and O–H groups in total. The summed E-state index contributed by atoms with van der Waals surface area (Å²) >= 11 is 0. The van der Waals surface area contributed by atoms with E-state index in [-0.39, 0.29) is 17.9 Å². The van der Waals surface area contributed by atoms with Gasteiger partial charge < -0.3 is 14.6 Å². The molecule has 0 radical (unpaired) electrons. The lowest BCUT2D eigenvalue weighted by atomic mass is 10.1. The molecule has 1 atom stereocenters. The first-order chi connectivity index (χ1) is 10.5. The molecule has 0 unspecified atom stereocenters. The predicted molar refractivity (Wildman–Crippen MR) is 82.9 cm³/mol. The zero-order valence-corrected chi connectivity index (χ0v) is 12.9. The molecular formula is C17H21FN2O2.